The van der Waals surface area contributed by atoms with Gasteiger partial charge in [-0.05, 0) is 24.6 Å². The van der Waals surface area contributed by atoms with E-state index in [1.54, 1.807) is 30.8 Å². The summed E-state index contributed by atoms with van der Waals surface area (Å²) < 4.78 is 13.7. The Bertz CT molecular complexity index is 651. The van der Waals surface area contributed by atoms with Crippen LogP contribution in [0.3, 0.4) is 0 Å². The van der Waals surface area contributed by atoms with Gasteiger partial charge in [0.05, 0.1) is 22.1 Å². The van der Waals surface area contributed by atoms with Gasteiger partial charge in [0, 0.05) is 11.9 Å². The summed E-state index contributed by atoms with van der Waals surface area (Å²) in [4.78, 5) is 15.5. The van der Waals surface area contributed by atoms with E-state index >= 15 is 0 Å². The number of aromatic nitrogens is 3. The van der Waals surface area contributed by atoms with Crippen molar-refractivity contribution >= 4 is 16.8 Å². The summed E-state index contributed by atoms with van der Waals surface area (Å²) in [6, 6.07) is 4.78. The van der Waals surface area contributed by atoms with Crippen molar-refractivity contribution in [3.63, 3.8) is 0 Å². The van der Waals surface area contributed by atoms with E-state index in [-0.39, 0.29) is 11.3 Å². The molecule has 0 spiro atoms. The number of aromatic carboxylic acids is 1. The number of hydrogen-bond acceptors (Lipinski definition) is 4. The maximum Gasteiger partial charge on any atom is 0.335 e. The van der Waals surface area contributed by atoms with Gasteiger partial charge in [-0.1, -0.05) is 6.07 Å². The highest BCUT2D eigenvalue weighted by molar-refractivity contribution is 7.84. The molecule has 1 atom stereocenters. The highest BCUT2D eigenvalue weighted by Crippen LogP contribution is 2.16. The zero-order valence-corrected chi connectivity index (χ0v) is 11.3. The molecular weight excluding hydrogens is 266 g/mol. The molecule has 0 bridgehead atoms. The summed E-state index contributed by atoms with van der Waals surface area (Å²) in [7, 11) is 0.375. The number of carboxylic acid groups (broad SMARTS) is 1. The predicted molar refractivity (Wildman–Crippen MR) is 69.3 cm³/mol. The molecule has 6 nitrogen and oxygen atoms in total. The monoisotopic (exact) mass is 279 g/mol. The van der Waals surface area contributed by atoms with Crippen LogP contribution in [0.25, 0.3) is 0 Å². The van der Waals surface area contributed by atoms with Crippen LogP contribution in [-0.4, -0.2) is 30.0 Å². The highest BCUT2D eigenvalue weighted by atomic mass is 32.2. The lowest BCUT2D eigenvalue weighted by Gasteiger charge is -2.05. The standard InChI is InChI=1S/C12H13N3O3S/c1-8-3-4-9(5-10(8)12(16)17)19(18)6-11-13-7-14-15(11)2/h3-5,7H,6H2,1-2H3,(H,16,17). The summed E-state index contributed by atoms with van der Waals surface area (Å²) in [6.07, 6.45) is 1.39. The second-order valence-electron chi connectivity index (χ2n) is 4.07. The van der Waals surface area contributed by atoms with Gasteiger partial charge < -0.3 is 5.11 Å². The van der Waals surface area contributed by atoms with Crippen molar-refractivity contribution in [3.8, 4) is 0 Å². The van der Waals surface area contributed by atoms with Crippen LogP contribution in [0.2, 0.25) is 0 Å². The van der Waals surface area contributed by atoms with Gasteiger partial charge in [0.1, 0.15) is 12.2 Å². The van der Waals surface area contributed by atoms with Crippen LogP contribution in [0.15, 0.2) is 29.4 Å². The number of rotatable bonds is 4. The molecule has 7 heteroatoms. The molecule has 0 saturated heterocycles. The Labute approximate surface area is 112 Å². The number of carboxylic acids is 1. The molecule has 0 radical (unpaired) electrons. The Morgan fingerprint density at radius 1 is 1.47 bits per heavy atom. The topological polar surface area (TPSA) is 85.1 Å². The molecule has 19 heavy (non-hydrogen) atoms. The molecular formula is C12H13N3O3S. The molecule has 1 aromatic carbocycles. The molecule has 0 aliphatic heterocycles. The maximum atomic E-state index is 12.2. The number of aryl methyl sites for hydroxylation is 2. The van der Waals surface area contributed by atoms with Gasteiger partial charge in [0.25, 0.3) is 0 Å². The maximum absolute atomic E-state index is 12.2. The van der Waals surface area contributed by atoms with Gasteiger partial charge >= 0.3 is 5.97 Å². The van der Waals surface area contributed by atoms with Gasteiger partial charge in [-0.15, -0.1) is 0 Å². The fraction of sp³-hybridized carbons (Fsp3) is 0.250. The van der Waals surface area contributed by atoms with Crippen LogP contribution in [0.5, 0.6) is 0 Å². The van der Waals surface area contributed by atoms with Gasteiger partial charge in [-0.25, -0.2) is 9.78 Å². The first-order valence-electron chi connectivity index (χ1n) is 5.54. The minimum Gasteiger partial charge on any atom is -0.478 e. The predicted octanol–water partition coefficient (Wildman–Crippen LogP) is 1.13. The molecule has 0 aliphatic rings. The first-order valence-corrected chi connectivity index (χ1v) is 6.86. The molecule has 1 aromatic heterocycles. The average Bonchev–Trinajstić information content (AvgIpc) is 2.75. The molecule has 2 aromatic rings. The minimum atomic E-state index is -1.34. The first kappa shape index (κ1) is 13.4. The van der Waals surface area contributed by atoms with Crippen molar-refractivity contribution < 1.29 is 14.1 Å². The fourth-order valence-electron chi connectivity index (χ4n) is 1.62. The molecule has 1 N–H and O–H groups in total. The largest absolute Gasteiger partial charge is 0.478 e. The van der Waals surface area contributed by atoms with Gasteiger partial charge in [0.2, 0.25) is 0 Å². The lowest BCUT2D eigenvalue weighted by molar-refractivity contribution is 0.0696. The van der Waals surface area contributed by atoms with Gasteiger partial charge in [-0.2, -0.15) is 5.10 Å². The minimum absolute atomic E-state index is 0.170. The van der Waals surface area contributed by atoms with Crippen LogP contribution in [0, 0.1) is 6.92 Å². The normalized spacial score (nSPS) is 12.3. The quantitative estimate of drug-likeness (QED) is 0.906. The SMILES string of the molecule is Cc1ccc(S(=O)Cc2ncnn2C)cc1C(=O)O. The van der Waals surface area contributed by atoms with Gasteiger partial charge in [0.15, 0.2) is 0 Å². The molecule has 0 fully saturated rings. The number of benzene rings is 1. The van der Waals surface area contributed by atoms with Crippen LogP contribution in [0.4, 0.5) is 0 Å². The Hall–Kier alpha value is -2.02. The van der Waals surface area contributed by atoms with Crippen molar-refractivity contribution in [3.05, 3.63) is 41.5 Å². The third-order valence-corrected chi connectivity index (χ3v) is 4.07. The molecule has 0 amide bonds. The van der Waals surface area contributed by atoms with Crippen molar-refractivity contribution in [1.82, 2.24) is 14.8 Å². The van der Waals surface area contributed by atoms with Crippen molar-refractivity contribution in [1.29, 1.82) is 0 Å². The van der Waals surface area contributed by atoms with Crippen molar-refractivity contribution in [2.45, 2.75) is 17.6 Å². The summed E-state index contributed by atoms with van der Waals surface area (Å²) in [6.45, 7) is 1.71. The van der Waals surface area contributed by atoms with Crippen molar-refractivity contribution in [2.75, 3.05) is 0 Å². The number of carbonyl (C=O) groups is 1. The van der Waals surface area contributed by atoms with E-state index < -0.39 is 16.8 Å². The third kappa shape index (κ3) is 2.87. The second kappa shape index (κ2) is 5.31. The van der Waals surface area contributed by atoms with E-state index in [0.29, 0.717) is 16.3 Å². The highest BCUT2D eigenvalue weighted by Gasteiger charge is 2.13. The Balaban J connectivity index is 2.27. The Kier molecular flexibility index (Phi) is 3.75. The molecule has 0 saturated carbocycles. The van der Waals surface area contributed by atoms with E-state index in [4.69, 9.17) is 5.11 Å². The zero-order chi connectivity index (χ0) is 14.0. The van der Waals surface area contributed by atoms with E-state index in [0.717, 1.165) is 0 Å². The summed E-state index contributed by atoms with van der Waals surface area (Å²) in [5, 5.41) is 12.9. The Morgan fingerprint density at radius 2 is 2.21 bits per heavy atom. The van der Waals surface area contributed by atoms with E-state index in [9.17, 15) is 9.00 Å². The lowest BCUT2D eigenvalue weighted by Crippen LogP contribution is -2.06. The third-order valence-electron chi connectivity index (χ3n) is 2.77. The number of hydrogen-bond donors (Lipinski definition) is 1. The van der Waals surface area contributed by atoms with Crippen LogP contribution < -0.4 is 0 Å². The van der Waals surface area contributed by atoms with E-state index in [1.807, 2.05) is 0 Å². The second-order valence-corrected chi connectivity index (χ2v) is 5.52. The number of nitrogens with zero attached hydrogens (tertiary/aromatic N) is 3. The molecule has 1 unspecified atom stereocenters. The zero-order valence-electron chi connectivity index (χ0n) is 10.5. The van der Waals surface area contributed by atoms with E-state index in [1.165, 1.54) is 12.4 Å². The summed E-state index contributed by atoms with van der Waals surface area (Å²) in [5.41, 5.74) is 0.815. The lowest BCUT2D eigenvalue weighted by atomic mass is 10.1. The Morgan fingerprint density at radius 3 is 2.79 bits per heavy atom. The molecule has 0 aliphatic carbocycles. The molecule has 100 valence electrons. The van der Waals surface area contributed by atoms with Crippen LogP contribution in [0.1, 0.15) is 21.7 Å². The van der Waals surface area contributed by atoms with E-state index in [2.05, 4.69) is 10.1 Å². The van der Waals surface area contributed by atoms with Crippen molar-refractivity contribution in [2.24, 2.45) is 7.05 Å². The fourth-order valence-corrected chi connectivity index (χ4v) is 2.76. The van der Waals surface area contributed by atoms with Crippen LogP contribution in [-0.2, 0) is 23.6 Å². The summed E-state index contributed by atoms with van der Waals surface area (Å²) in [5.74, 6) is -0.218. The van der Waals surface area contributed by atoms with Crippen LogP contribution >= 0.6 is 0 Å². The molecule has 2 rings (SSSR count). The smallest absolute Gasteiger partial charge is 0.335 e. The van der Waals surface area contributed by atoms with Gasteiger partial charge in [-0.3, -0.25) is 8.89 Å². The first-order chi connectivity index (χ1) is 8.99. The summed E-state index contributed by atoms with van der Waals surface area (Å²) >= 11 is 0. The molecule has 1 heterocycles. The average molecular weight is 279 g/mol.